The predicted molar refractivity (Wildman–Crippen MR) is 111 cm³/mol. The molecule has 0 aliphatic carbocycles. The van der Waals surface area contributed by atoms with Crippen LogP contribution >= 0.6 is 0 Å². The van der Waals surface area contributed by atoms with Crippen molar-refractivity contribution in [3.63, 3.8) is 0 Å². The van der Waals surface area contributed by atoms with Crippen molar-refractivity contribution in [3.8, 4) is 11.5 Å². The van der Waals surface area contributed by atoms with Gasteiger partial charge in [-0.15, -0.1) is 0 Å². The molecule has 0 unspecified atom stereocenters. The normalized spacial score (nSPS) is 16.0. The number of piperazine rings is 1. The molecule has 0 spiro atoms. The number of benzene rings is 2. The van der Waals surface area contributed by atoms with Gasteiger partial charge in [0.25, 0.3) is 0 Å². The average Bonchev–Trinajstić information content (AvgIpc) is 3.37. The Morgan fingerprint density at radius 2 is 1.54 bits per heavy atom. The highest BCUT2D eigenvalue weighted by molar-refractivity contribution is 5.84. The molecule has 1 aliphatic heterocycles. The van der Waals surface area contributed by atoms with Crippen LogP contribution in [0.4, 0.5) is 0 Å². The second kappa shape index (κ2) is 7.58. The van der Waals surface area contributed by atoms with Gasteiger partial charge in [0.05, 0.1) is 12.2 Å². The Morgan fingerprint density at radius 1 is 0.821 bits per heavy atom. The van der Waals surface area contributed by atoms with E-state index >= 15 is 0 Å². The van der Waals surface area contributed by atoms with Crippen LogP contribution in [0.5, 0.6) is 0 Å². The van der Waals surface area contributed by atoms with Gasteiger partial charge in [-0.3, -0.25) is 14.9 Å². The number of aromatic amines is 2. The monoisotopic (exact) mass is 372 g/mol. The molecule has 5 rings (SSSR count). The van der Waals surface area contributed by atoms with Gasteiger partial charge < -0.3 is 4.98 Å². The number of hydrogen-bond donors (Lipinski definition) is 2. The molecule has 0 saturated carbocycles. The lowest BCUT2D eigenvalue weighted by Crippen LogP contribution is -2.45. The summed E-state index contributed by atoms with van der Waals surface area (Å²) < 4.78 is 0. The van der Waals surface area contributed by atoms with Gasteiger partial charge >= 0.3 is 0 Å². The van der Waals surface area contributed by atoms with Crippen LogP contribution in [0.15, 0.2) is 60.7 Å². The van der Waals surface area contributed by atoms with Crippen LogP contribution in [0.25, 0.3) is 22.4 Å². The van der Waals surface area contributed by atoms with Gasteiger partial charge in [0.1, 0.15) is 5.82 Å². The number of H-pyrrole nitrogens is 2. The Kier molecular flexibility index (Phi) is 4.64. The first-order chi connectivity index (χ1) is 13.8. The summed E-state index contributed by atoms with van der Waals surface area (Å²) in [6.45, 7) is 6.11. The van der Waals surface area contributed by atoms with Crippen LogP contribution in [-0.4, -0.2) is 56.1 Å². The summed E-state index contributed by atoms with van der Waals surface area (Å²) >= 11 is 0. The van der Waals surface area contributed by atoms with Crippen molar-refractivity contribution in [2.75, 3.05) is 26.2 Å². The maximum absolute atomic E-state index is 4.70. The first-order valence-corrected chi connectivity index (χ1v) is 9.81. The minimum Gasteiger partial charge on any atom is -0.352 e. The summed E-state index contributed by atoms with van der Waals surface area (Å²) in [6.07, 6.45) is 0. The van der Waals surface area contributed by atoms with Gasteiger partial charge in [-0.25, -0.2) is 4.98 Å². The quantitative estimate of drug-likeness (QED) is 0.564. The third-order valence-electron chi connectivity index (χ3n) is 5.39. The van der Waals surface area contributed by atoms with E-state index in [0.29, 0.717) is 0 Å². The summed E-state index contributed by atoms with van der Waals surface area (Å²) in [5.74, 6) is 1.65. The smallest absolute Gasteiger partial charge is 0.197 e. The lowest BCUT2D eigenvalue weighted by atomic mass is 10.2. The molecule has 1 aliphatic rings. The minimum atomic E-state index is 0.730. The van der Waals surface area contributed by atoms with E-state index in [1.807, 2.05) is 12.1 Å². The Bertz CT molecular complexity index is 1010. The molecule has 3 heterocycles. The lowest BCUT2D eigenvalue weighted by Gasteiger charge is -2.34. The second-order valence-corrected chi connectivity index (χ2v) is 7.41. The number of nitrogens with zero attached hydrogens (tertiary/aromatic N) is 4. The molecule has 0 radical (unpaired) electrons. The SMILES string of the molecule is c1ccc(CN2CCN(Cc3nc(-c4cc5ccccc5[nH]4)n[nH]3)CC2)cc1. The van der Waals surface area contributed by atoms with E-state index in [1.165, 1.54) is 10.9 Å². The van der Waals surface area contributed by atoms with Crippen molar-refractivity contribution in [2.24, 2.45) is 0 Å². The van der Waals surface area contributed by atoms with Gasteiger partial charge in [-0.1, -0.05) is 48.5 Å². The van der Waals surface area contributed by atoms with Crippen molar-refractivity contribution in [1.82, 2.24) is 30.0 Å². The zero-order chi connectivity index (χ0) is 18.8. The number of fused-ring (bicyclic) bond motifs is 1. The Balaban J connectivity index is 1.19. The highest BCUT2D eigenvalue weighted by Gasteiger charge is 2.18. The van der Waals surface area contributed by atoms with E-state index in [1.54, 1.807) is 0 Å². The molecular formula is C22H24N6. The first kappa shape index (κ1) is 17.2. The Labute approximate surface area is 164 Å². The molecule has 6 nitrogen and oxygen atoms in total. The van der Waals surface area contributed by atoms with E-state index < -0.39 is 0 Å². The fraction of sp³-hybridized carbons (Fsp3) is 0.273. The number of rotatable bonds is 5. The van der Waals surface area contributed by atoms with Crippen LogP contribution in [0.2, 0.25) is 0 Å². The number of hydrogen-bond acceptors (Lipinski definition) is 4. The molecule has 4 aromatic rings. The molecule has 2 aromatic heterocycles. The summed E-state index contributed by atoms with van der Waals surface area (Å²) in [5.41, 5.74) is 3.45. The number of nitrogens with one attached hydrogen (secondary N) is 2. The molecule has 28 heavy (non-hydrogen) atoms. The molecule has 142 valence electrons. The van der Waals surface area contributed by atoms with Crippen LogP contribution in [-0.2, 0) is 13.1 Å². The zero-order valence-corrected chi connectivity index (χ0v) is 15.8. The summed E-state index contributed by atoms with van der Waals surface area (Å²) in [6, 6.07) is 21.0. The first-order valence-electron chi connectivity index (χ1n) is 9.81. The van der Waals surface area contributed by atoms with Crippen molar-refractivity contribution >= 4 is 10.9 Å². The molecular weight excluding hydrogens is 348 g/mol. The Hall–Kier alpha value is -2.96. The zero-order valence-electron chi connectivity index (χ0n) is 15.8. The average molecular weight is 372 g/mol. The van der Waals surface area contributed by atoms with Crippen LogP contribution < -0.4 is 0 Å². The van der Waals surface area contributed by atoms with Gasteiger partial charge in [0, 0.05) is 43.6 Å². The molecule has 1 fully saturated rings. The standard InChI is InChI=1S/C22H24N6/c1-2-6-17(7-3-1)15-27-10-12-28(13-11-27)16-21-24-22(26-25-21)20-14-18-8-4-5-9-19(18)23-20/h1-9,14,23H,10-13,15-16H2,(H,24,25,26). The van der Waals surface area contributed by atoms with Crippen molar-refractivity contribution in [3.05, 3.63) is 72.1 Å². The summed E-state index contributed by atoms with van der Waals surface area (Å²) in [5, 5.41) is 8.70. The second-order valence-electron chi connectivity index (χ2n) is 7.41. The third-order valence-corrected chi connectivity index (χ3v) is 5.39. The molecule has 0 amide bonds. The Morgan fingerprint density at radius 3 is 2.32 bits per heavy atom. The number of aromatic nitrogens is 4. The highest BCUT2D eigenvalue weighted by atomic mass is 15.3. The van der Waals surface area contributed by atoms with Crippen molar-refractivity contribution in [2.45, 2.75) is 13.1 Å². The molecule has 6 heteroatoms. The van der Waals surface area contributed by atoms with E-state index in [4.69, 9.17) is 4.98 Å². The predicted octanol–water partition coefficient (Wildman–Crippen LogP) is 3.27. The molecule has 0 atom stereocenters. The van der Waals surface area contributed by atoms with E-state index in [9.17, 15) is 0 Å². The fourth-order valence-corrected chi connectivity index (χ4v) is 3.84. The van der Waals surface area contributed by atoms with E-state index in [-0.39, 0.29) is 0 Å². The summed E-state index contributed by atoms with van der Waals surface area (Å²) in [7, 11) is 0. The largest absolute Gasteiger partial charge is 0.352 e. The topological polar surface area (TPSA) is 63.8 Å². The van der Waals surface area contributed by atoms with Crippen LogP contribution in [0.3, 0.4) is 0 Å². The maximum Gasteiger partial charge on any atom is 0.197 e. The molecule has 2 N–H and O–H groups in total. The van der Waals surface area contributed by atoms with Crippen LogP contribution in [0.1, 0.15) is 11.4 Å². The molecule has 1 saturated heterocycles. The minimum absolute atomic E-state index is 0.730. The van der Waals surface area contributed by atoms with Gasteiger partial charge in [-0.05, 0) is 17.7 Å². The van der Waals surface area contributed by atoms with Gasteiger partial charge in [0.2, 0.25) is 0 Å². The third kappa shape index (κ3) is 3.69. The lowest BCUT2D eigenvalue weighted by molar-refractivity contribution is 0.120. The maximum atomic E-state index is 4.70. The molecule has 0 bridgehead atoms. The van der Waals surface area contributed by atoms with Gasteiger partial charge in [0.15, 0.2) is 5.82 Å². The van der Waals surface area contributed by atoms with Gasteiger partial charge in [-0.2, -0.15) is 5.10 Å². The van der Waals surface area contributed by atoms with E-state index in [2.05, 4.69) is 73.5 Å². The molecule has 2 aromatic carbocycles. The highest BCUT2D eigenvalue weighted by Crippen LogP contribution is 2.21. The van der Waals surface area contributed by atoms with Crippen molar-refractivity contribution < 1.29 is 0 Å². The summed E-state index contributed by atoms with van der Waals surface area (Å²) in [4.78, 5) is 13.1. The van der Waals surface area contributed by atoms with Crippen LogP contribution in [0, 0.1) is 0 Å². The fourth-order valence-electron chi connectivity index (χ4n) is 3.84. The van der Waals surface area contributed by atoms with Crippen molar-refractivity contribution in [1.29, 1.82) is 0 Å². The van der Waals surface area contributed by atoms with E-state index in [0.717, 1.165) is 62.1 Å². The number of para-hydroxylation sites is 1.